The molecule has 8 nitrogen and oxygen atoms in total. The molecule has 0 fully saturated rings. The van der Waals surface area contributed by atoms with Crippen LogP contribution in [0.25, 0.3) is 11.5 Å². The molecule has 1 unspecified atom stereocenters. The SMILES string of the molecule is CCCN(CCC)C(=O)c1cc(C(=O)O[C@H](CNC(C)Cc2cccc(CC)c2)[C@@H](N)Cc2cc(F)cc(F)c2)cc(-c2ncco2)c1. The van der Waals surface area contributed by atoms with E-state index in [0.717, 1.165) is 31.7 Å². The number of nitrogens with one attached hydrogen (secondary N) is 1. The van der Waals surface area contributed by atoms with Gasteiger partial charge in [-0.25, -0.2) is 18.6 Å². The van der Waals surface area contributed by atoms with Gasteiger partial charge in [-0.3, -0.25) is 4.79 Å². The fourth-order valence-electron chi connectivity index (χ4n) is 5.73. The van der Waals surface area contributed by atoms with E-state index in [0.29, 0.717) is 29.8 Å². The number of aromatic nitrogens is 1. The largest absolute Gasteiger partial charge is 0.456 e. The lowest BCUT2D eigenvalue weighted by molar-refractivity contribution is 0.0233. The minimum atomic E-state index is -0.880. The van der Waals surface area contributed by atoms with Gasteiger partial charge in [0, 0.05) is 48.9 Å². The Balaban J connectivity index is 1.60. The smallest absolute Gasteiger partial charge is 0.338 e. The third-order valence-corrected chi connectivity index (χ3v) is 8.11. The van der Waals surface area contributed by atoms with Crippen molar-refractivity contribution in [1.82, 2.24) is 15.2 Å². The van der Waals surface area contributed by atoms with E-state index >= 15 is 0 Å². The highest BCUT2D eigenvalue weighted by molar-refractivity contribution is 5.99. The van der Waals surface area contributed by atoms with Gasteiger partial charge in [0.25, 0.3) is 5.91 Å². The summed E-state index contributed by atoms with van der Waals surface area (Å²) in [5.41, 5.74) is 10.2. The number of nitrogens with two attached hydrogens (primary N) is 1. The summed E-state index contributed by atoms with van der Waals surface area (Å²) in [7, 11) is 0. The van der Waals surface area contributed by atoms with Crippen LogP contribution in [0.1, 0.15) is 77.9 Å². The van der Waals surface area contributed by atoms with E-state index in [4.69, 9.17) is 14.9 Å². The molecule has 1 amide bonds. The number of halogens is 2. The Bertz CT molecular complexity index is 1620. The summed E-state index contributed by atoms with van der Waals surface area (Å²) in [6.45, 7) is 9.46. The van der Waals surface area contributed by atoms with Crippen LogP contribution in [-0.4, -0.2) is 59.6 Å². The Morgan fingerprint density at radius 1 is 0.917 bits per heavy atom. The molecule has 3 N–H and O–H groups in total. The maximum Gasteiger partial charge on any atom is 0.338 e. The van der Waals surface area contributed by atoms with Crippen LogP contribution >= 0.6 is 0 Å². The second-order valence-electron chi connectivity index (χ2n) is 12.2. The summed E-state index contributed by atoms with van der Waals surface area (Å²) in [6, 6.07) is 15.5. The minimum Gasteiger partial charge on any atom is -0.456 e. The lowest BCUT2D eigenvalue weighted by Gasteiger charge is -2.27. The first-order chi connectivity index (χ1) is 23.1. The first-order valence-electron chi connectivity index (χ1n) is 16.7. The van der Waals surface area contributed by atoms with Crippen molar-refractivity contribution >= 4 is 11.9 Å². The van der Waals surface area contributed by atoms with Crippen LogP contribution in [0.15, 0.2) is 77.5 Å². The van der Waals surface area contributed by atoms with Gasteiger partial charge in [0.2, 0.25) is 5.89 Å². The number of hydrogen-bond donors (Lipinski definition) is 2. The number of benzene rings is 3. The van der Waals surface area contributed by atoms with Crippen molar-refractivity contribution < 1.29 is 27.5 Å². The predicted molar refractivity (Wildman–Crippen MR) is 183 cm³/mol. The van der Waals surface area contributed by atoms with Crippen molar-refractivity contribution in [1.29, 1.82) is 0 Å². The number of carbonyl (C=O) groups excluding carboxylic acids is 2. The van der Waals surface area contributed by atoms with E-state index < -0.39 is 29.7 Å². The average Bonchev–Trinajstić information content (AvgIpc) is 3.61. The summed E-state index contributed by atoms with van der Waals surface area (Å²) >= 11 is 0. The monoisotopic (exact) mass is 660 g/mol. The van der Waals surface area contributed by atoms with Gasteiger partial charge in [-0.05, 0) is 86.1 Å². The fourth-order valence-corrected chi connectivity index (χ4v) is 5.73. The molecule has 0 radical (unpaired) electrons. The Morgan fingerprint density at radius 3 is 2.25 bits per heavy atom. The number of carbonyl (C=O) groups is 2. The van der Waals surface area contributed by atoms with Crippen LogP contribution in [0.2, 0.25) is 0 Å². The molecule has 10 heteroatoms. The zero-order valence-electron chi connectivity index (χ0n) is 28.2. The molecule has 0 bridgehead atoms. The van der Waals surface area contributed by atoms with Crippen LogP contribution in [0.4, 0.5) is 8.78 Å². The number of aryl methyl sites for hydroxylation is 1. The molecule has 0 spiro atoms. The summed E-state index contributed by atoms with van der Waals surface area (Å²) in [5.74, 6) is -2.10. The molecule has 48 heavy (non-hydrogen) atoms. The maximum absolute atomic E-state index is 14.0. The number of amides is 1. The van der Waals surface area contributed by atoms with Crippen molar-refractivity contribution in [3.05, 3.63) is 113 Å². The van der Waals surface area contributed by atoms with E-state index in [1.165, 1.54) is 41.8 Å². The van der Waals surface area contributed by atoms with Gasteiger partial charge < -0.3 is 25.1 Å². The third-order valence-electron chi connectivity index (χ3n) is 8.11. The number of oxazole rings is 1. The zero-order chi connectivity index (χ0) is 34.6. The number of rotatable bonds is 17. The van der Waals surface area contributed by atoms with Crippen LogP contribution in [0, 0.1) is 11.6 Å². The van der Waals surface area contributed by atoms with Gasteiger partial charge in [0.15, 0.2) is 0 Å². The second-order valence-corrected chi connectivity index (χ2v) is 12.2. The fraction of sp³-hybridized carbons (Fsp3) is 0.395. The van der Waals surface area contributed by atoms with Gasteiger partial charge in [-0.15, -0.1) is 0 Å². The number of esters is 1. The molecule has 4 rings (SSSR count). The molecule has 3 aromatic carbocycles. The Morgan fingerprint density at radius 2 is 1.60 bits per heavy atom. The highest BCUT2D eigenvalue weighted by atomic mass is 19.1. The van der Waals surface area contributed by atoms with Crippen LogP contribution in [0.3, 0.4) is 0 Å². The van der Waals surface area contributed by atoms with Crippen molar-refractivity contribution in [2.24, 2.45) is 5.73 Å². The average molecular weight is 661 g/mol. The standard InChI is InChI=1S/C38H46F2N4O4/c1-5-12-44(13-6-2)37(45)30-20-29(36-42-11-14-47-36)21-31(22-30)38(46)48-35(34(41)19-28-17-32(39)23-33(40)18-28)24-43-25(4)15-27-10-8-9-26(7-3)16-27/h8-11,14,16-18,20-23,25,34-35,43H,5-7,12-13,15,19,24,41H2,1-4H3/t25?,34-,35+/m0/s1. The molecule has 0 saturated carbocycles. The topological polar surface area (TPSA) is 111 Å². The van der Waals surface area contributed by atoms with Crippen molar-refractivity contribution in [3.63, 3.8) is 0 Å². The molecule has 0 aliphatic carbocycles. The highest BCUT2D eigenvalue weighted by Gasteiger charge is 2.26. The van der Waals surface area contributed by atoms with Crippen molar-refractivity contribution in [3.8, 4) is 11.5 Å². The Kier molecular flexibility index (Phi) is 13.4. The van der Waals surface area contributed by atoms with E-state index in [1.807, 2.05) is 26.8 Å². The Labute approximate surface area is 281 Å². The third kappa shape index (κ3) is 10.3. The number of ether oxygens (including phenoxy) is 1. The quantitative estimate of drug-likeness (QED) is 0.120. The molecule has 0 aliphatic heterocycles. The lowest BCUT2D eigenvalue weighted by Crippen LogP contribution is -2.48. The summed E-state index contributed by atoms with van der Waals surface area (Å²) in [6.07, 6.45) is 5.31. The van der Waals surface area contributed by atoms with Gasteiger partial charge in [0.1, 0.15) is 24.0 Å². The molecular formula is C38H46F2N4O4. The van der Waals surface area contributed by atoms with Crippen LogP contribution < -0.4 is 11.1 Å². The second kappa shape index (κ2) is 17.7. The van der Waals surface area contributed by atoms with E-state index in [9.17, 15) is 18.4 Å². The molecule has 0 saturated heterocycles. The Hall–Kier alpha value is -4.41. The summed E-state index contributed by atoms with van der Waals surface area (Å²) in [5, 5.41) is 3.43. The normalized spacial score (nSPS) is 13.1. The molecule has 3 atom stereocenters. The van der Waals surface area contributed by atoms with Crippen LogP contribution in [-0.2, 0) is 24.0 Å². The van der Waals surface area contributed by atoms with Gasteiger partial charge in [0.05, 0.1) is 11.8 Å². The lowest BCUT2D eigenvalue weighted by atomic mass is 10.00. The van der Waals surface area contributed by atoms with E-state index in [2.05, 4.69) is 35.4 Å². The van der Waals surface area contributed by atoms with E-state index in [-0.39, 0.29) is 36.4 Å². The number of nitrogens with zero attached hydrogens (tertiary/aromatic N) is 2. The molecule has 1 heterocycles. The molecule has 0 aliphatic rings. The van der Waals surface area contributed by atoms with Gasteiger partial charge in [-0.2, -0.15) is 0 Å². The van der Waals surface area contributed by atoms with E-state index in [1.54, 1.807) is 17.0 Å². The van der Waals surface area contributed by atoms with Gasteiger partial charge in [-0.1, -0.05) is 45.0 Å². The van der Waals surface area contributed by atoms with Crippen LogP contribution in [0.5, 0.6) is 0 Å². The summed E-state index contributed by atoms with van der Waals surface area (Å²) in [4.78, 5) is 33.4. The molecule has 1 aromatic heterocycles. The van der Waals surface area contributed by atoms with Crippen molar-refractivity contribution in [2.75, 3.05) is 19.6 Å². The summed E-state index contributed by atoms with van der Waals surface area (Å²) < 4.78 is 39.6. The first-order valence-corrected chi connectivity index (χ1v) is 16.7. The van der Waals surface area contributed by atoms with Gasteiger partial charge >= 0.3 is 5.97 Å². The van der Waals surface area contributed by atoms with Crippen molar-refractivity contribution in [2.45, 2.75) is 78.0 Å². The maximum atomic E-state index is 14.0. The zero-order valence-corrected chi connectivity index (χ0v) is 28.2. The minimum absolute atomic E-state index is 0.00202. The highest BCUT2D eigenvalue weighted by Crippen LogP contribution is 2.24. The predicted octanol–water partition coefficient (Wildman–Crippen LogP) is 6.76. The molecular weight excluding hydrogens is 614 g/mol. The molecule has 4 aromatic rings. The molecule has 256 valence electrons. The number of hydrogen-bond acceptors (Lipinski definition) is 7. The first kappa shape index (κ1) is 36.4.